The SMILES string of the molecule is CC(NC(=O)C1O[C@@H]2OC(C)(C)O[C@@H]2[C@H]2OC(C)(C)O[C@@H]12)C(=O)Nc1ccccc1. The van der Waals surface area contributed by atoms with E-state index in [4.69, 9.17) is 23.7 Å². The summed E-state index contributed by atoms with van der Waals surface area (Å²) in [4.78, 5) is 25.5. The molecule has 2 N–H and O–H groups in total. The molecule has 0 bridgehead atoms. The fraction of sp³-hybridized carbons (Fsp3) is 0.619. The standard InChI is InChI=1S/C21H28N2O7/c1-11(17(24)23-12-9-7-6-8-10-12)22-18(25)15-13-14(28-20(2,3)27-13)16-19(26-15)30-21(4,5)29-16/h6-11,13-16,19H,1-5H3,(H,22,25)(H,23,24)/t11?,13-,14+,15?,16-,19-/m1/s1. The minimum absolute atomic E-state index is 0.342. The second-order valence-corrected chi connectivity index (χ2v) is 8.68. The fourth-order valence-electron chi connectivity index (χ4n) is 3.96. The van der Waals surface area contributed by atoms with Gasteiger partial charge in [0.05, 0.1) is 0 Å². The zero-order chi connectivity index (χ0) is 21.7. The van der Waals surface area contributed by atoms with E-state index in [0.29, 0.717) is 5.69 Å². The Labute approximate surface area is 175 Å². The number of rotatable bonds is 4. The Kier molecular flexibility index (Phi) is 5.36. The molecule has 2 unspecified atom stereocenters. The van der Waals surface area contributed by atoms with Crippen LogP contribution in [-0.4, -0.2) is 60.1 Å². The first-order valence-electron chi connectivity index (χ1n) is 10.1. The predicted molar refractivity (Wildman–Crippen MR) is 105 cm³/mol. The van der Waals surface area contributed by atoms with Crippen LogP contribution in [0, 0.1) is 0 Å². The molecule has 3 saturated heterocycles. The van der Waals surface area contributed by atoms with Gasteiger partial charge in [0.25, 0.3) is 5.91 Å². The lowest BCUT2D eigenvalue weighted by Gasteiger charge is -2.36. The molecule has 3 fully saturated rings. The van der Waals surface area contributed by atoms with Crippen LogP contribution in [-0.2, 0) is 33.3 Å². The Balaban J connectivity index is 1.45. The number of anilines is 1. The molecule has 3 heterocycles. The van der Waals surface area contributed by atoms with Crippen LogP contribution in [0.4, 0.5) is 5.69 Å². The molecule has 0 saturated carbocycles. The van der Waals surface area contributed by atoms with E-state index in [1.807, 2.05) is 18.2 Å². The summed E-state index contributed by atoms with van der Waals surface area (Å²) < 4.78 is 29.6. The Morgan fingerprint density at radius 1 is 0.900 bits per heavy atom. The van der Waals surface area contributed by atoms with Crippen molar-refractivity contribution in [1.82, 2.24) is 5.32 Å². The van der Waals surface area contributed by atoms with Gasteiger partial charge in [-0.25, -0.2) is 0 Å². The van der Waals surface area contributed by atoms with E-state index in [0.717, 1.165) is 0 Å². The van der Waals surface area contributed by atoms with Crippen LogP contribution < -0.4 is 10.6 Å². The molecule has 9 nitrogen and oxygen atoms in total. The van der Waals surface area contributed by atoms with Gasteiger partial charge in [0.15, 0.2) is 24.0 Å². The van der Waals surface area contributed by atoms with E-state index in [9.17, 15) is 9.59 Å². The number of hydrogen-bond donors (Lipinski definition) is 2. The van der Waals surface area contributed by atoms with Crippen LogP contribution in [0.2, 0.25) is 0 Å². The number of fused-ring (bicyclic) bond motifs is 3. The molecule has 1 aromatic rings. The van der Waals surface area contributed by atoms with E-state index < -0.39 is 54.2 Å². The maximum atomic E-state index is 13.0. The van der Waals surface area contributed by atoms with E-state index >= 15 is 0 Å². The number of para-hydroxylation sites is 1. The maximum absolute atomic E-state index is 13.0. The average Bonchev–Trinajstić information content (AvgIpc) is 3.15. The van der Waals surface area contributed by atoms with Crippen molar-refractivity contribution in [3.63, 3.8) is 0 Å². The van der Waals surface area contributed by atoms with Gasteiger partial charge in [-0.3, -0.25) is 9.59 Å². The molecule has 0 radical (unpaired) electrons. The van der Waals surface area contributed by atoms with Gasteiger partial charge < -0.3 is 34.3 Å². The summed E-state index contributed by atoms with van der Waals surface area (Å²) in [6, 6.07) is 8.24. The molecule has 30 heavy (non-hydrogen) atoms. The summed E-state index contributed by atoms with van der Waals surface area (Å²) in [7, 11) is 0. The van der Waals surface area contributed by atoms with E-state index in [1.165, 1.54) is 0 Å². The number of carbonyl (C=O) groups is 2. The van der Waals surface area contributed by atoms with Crippen LogP contribution >= 0.6 is 0 Å². The molecule has 164 valence electrons. The summed E-state index contributed by atoms with van der Waals surface area (Å²) in [6.07, 6.45) is -3.53. The number of ether oxygens (including phenoxy) is 5. The summed E-state index contributed by atoms with van der Waals surface area (Å²) in [5.74, 6) is -2.60. The molecule has 4 rings (SSSR count). The van der Waals surface area contributed by atoms with Gasteiger partial charge in [0, 0.05) is 5.69 Å². The zero-order valence-electron chi connectivity index (χ0n) is 17.7. The van der Waals surface area contributed by atoms with Gasteiger partial charge in [-0.15, -0.1) is 0 Å². The van der Waals surface area contributed by atoms with Crippen molar-refractivity contribution in [3.8, 4) is 0 Å². The number of carbonyl (C=O) groups excluding carboxylic acids is 2. The maximum Gasteiger partial charge on any atom is 0.252 e. The van der Waals surface area contributed by atoms with Crippen LogP contribution in [0.15, 0.2) is 30.3 Å². The molecule has 6 atom stereocenters. The van der Waals surface area contributed by atoms with Gasteiger partial charge in [-0.05, 0) is 46.8 Å². The number of amides is 2. The minimum Gasteiger partial charge on any atom is -0.342 e. The summed E-state index contributed by atoms with van der Waals surface area (Å²) in [6.45, 7) is 8.69. The quantitative estimate of drug-likeness (QED) is 0.761. The van der Waals surface area contributed by atoms with Crippen molar-refractivity contribution in [2.45, 2.75) is 82.9 Å². The number of nitrogens with one attached hydrogen (secondary N) is 2. The topological polar surface area (TPSA) is 104 Å². The Morgan fingerprint density at radius 2 is 1.50 bits per heavy atom. The van der Waals surface area contributed by atoms with Crippen molar-refractivity contribution in [2.24, 2.45) is 0 Å². The van der Waals surface area contributed by atoms with Crippen molar-refractivity contribution in [3.05, 3.63) is 30.3 Å². The first-order valence-corrected chi connectivity index (χ1v) is 10.1. The predicted octanol–water partition coefficient (Wildman–Crippen LogP) is 1.53. The minimum atomic E-state index is -1.01. The molecule has 0 spiro atoms. The van der Waals surface area contributed by atoms with Gasteiger partial charge in [0.1, 0.15) is 24.4 Å². The highest BCUT2D eigenvalue weighted by Gasteiger charge is 2.62. The highest BCUT2D eigenvalue weighted by atomic mass is 16.9. The molecule has 2 amide bonds. The first-order chi connectivity index (χ1) is 14.0. The van der Waals surface area contributed by atoms with E-state index in [1.54, 1.807) is 46.8 Å². The molecular weight excluding hydrogens is 392 g/mol. The van der Waals surface area contributed by atoms with Gasteiger partial charge in [-0.1, -0.05) is 18.2 Å². The lowest BCUT2D eigenvalue weighted by atomic mass is 9.98. The monoisotopic (exact) mass is 420 g/mol. The zero-order valence-corrected chi connectivity index (χ0v) is 17.7. The Morgan fingerprint density at radius 3 is 2.20 bits per heavy atom. The normalized spacial score (nSPS) is 34.5. The number of benzene rings is 1. The molecule has 0 aliphatic carbocycles. The average molecular weight is 420 g/mol. The summed E-state index contributed by atoms with van der Waals surface area (Å²) in [5.41, 5.74) is 0.647. The molecular formula is C21H28N2O7. The second-order valence-electron chi connectivity index (χ2n) is 8.68. The second kappa shape index (κ2) is 7.58. The molecule has 0 aromatic heterocycles. The third-order valence-corrected chi connectivity index (χ3v) is 5.21. The van der Waals surface area contributed by atoms with Crippen molar-refractivity contribution in [1.29, 1.82) is 0 Å². The molecule has 3 aliphatic heterocycles. The highest BCUT2D eigenvalue weighted by Crippen LogP contribution is 2.44. The van der Waals surface area contributed by atoms with Crippen LogP contribution in [0.3, 0.4) is 0 Å². The fourth-order valence-corrected chi connectivity index (χ4v) is 3.96. The summed E-state index contributed by atoms with van der Waals surface area (Å²) >= 11 is 0. The third-order valence-electron chi connectivity index (χ3n) is 5.21. The van der Waals surface area contributed by atoms with Crippen molar-refractivity contribution >= 4 is 17.5 Å². The molecule has 1 aromatic carbocycles. The third kappa shape index (κ3) is 4.21. The smallest absolute Gasteiger partial charge is 0.252 e. The van der Waals surface area contributed by atoms with Crippen LogP contribution in [0.5, 0.6) is 0 Å². The lowest BCUT2D eigenvalue weighted by Crippen LogP contribution is -2.60. The molecule has 3 aliphatic rings. The molecule has 9 heteroatoms. The largest absolute Gasteiger partial charge is 0.342 e. The van der Waals surface area contributed by atoms with Crippen LogP contribution in [0.25, 0.3) is 0 Å². The Hall–Kier alpha value is -2.04. The Bertz CT molecular complexity index is 813. The van der Waals surface area contributed by atoms with Crippen LogP contribution in [0.1, 0.15) is 34.6 Å². The first kappa shape index (κ1) is 21.2. The van der Waals surface area contributed by atoms with Gasteiger partial charge in [-0.2, -0.15) is 0 Å². The van der Waals surface area contributed by atoms with E-state index in [2.05, 4.69) is 10.6 Å². The number of hydrogen-bond acceptors (Lipinski definition) is 7. The van der Waals surface area contributed by atoms with Crippen molar-refractivity contribution < 1.29 is 33.3 Å². The highest BCUT2D eigenvalue weighted by molar-refractivity contribution is 5.97. The van der Waals surface area contributed by atoms with Gasteiger partial charge >= 0.3 is 0 Å². The summed E-state index contributed by atoms with van der Waals surface area (Å²) in [5, 5.41) is 5.46. The van der Waals surface area contributed by atoms with Gasteiger partial charge in [0.2, 0.25) is 5.91 Å². The van der Waals surface area contributed by atoms with Crippen molar-refractivity contribution in [2.75, 3.05) is 5.32 Å². The van der Waals surface area contributed by atoms with E-state index in [-0.39, 0.29) is 5.91 Å². The lowest BCUT2D eigenvalue weighted by molar-refractivity contribution is -0.231.